The standard InChI is InChI=1S/C20H23N3O2S2/c1-3-22(4-2)17(24)14-27-20-21-16-11-13-26-18(16)19(25)23(20)12-10-15-8-6-5-7-9-15/h5-9,11,13H,3-4,10,12,14H2,1-2H3. The summed E-state index contributed by atoms with van der Waals surface area (Å²) >= 11 is 2.76. The molecule has 3 rings (SSSR count). The highest BCUT2D eigenvalue weighted by Gasteiger charge is 2.16. The lowest BCUT2D eigenvalue weighted by Gasteiger charge is -2.18. The second-order valence-corrected chi connectivity index (χ2v) is 7.94. The van der Waals surface area contributed by atoms with E-state index in [2.05, 4.69) is 17.1 Å². The van der Waals surface area contributed by atoms with Gasteiger partial charge in [-0.25, -0.2) is 4.98 Å². The van der Waals surface area contributed by atoms with Crippen LogP contribution in [0.15, 0.2) is 51.7 Å². The van der Waals surface area contributed by atoms with Crippen LogP contribution in [0.1, 0.15) is 19.4 Å². The molecule has 2 aromatic heterocycles. The van der Waals surface area contributed by atoms with Crippen molar-refractivity contribution in [3.8, 4) is 0 Å². The number of fused-ring (bicyclic) bond motifs is 1. The Hall–Kier alpha value is -2.12. The van der Waals surface area contributed by atoms with E-state index in [1.165, 1.54) is 28.7 Å². The molecular formula is C20H23N3O2S2. The maximum absolute atomic E-state index is 12.9. The van der Waals surface area contributed by atoms with E-state index in [1.54, 1.807) is 9.47 Å². The summed E-state index contributed by atoms with van der Waals surface area (Å²) in [6.45, 7) is 5.86. The van der Waals surface area contributed by atoms with Crippen LogP contribution >= 0.6 is 23.1 Å². The average Bonchev–Trinajstić information content (AvgIpc) is 3.16. The number of rotatable bonds is 8. The summed E-state index contributed by atoms with van der Waals surface area (Å²) in [4.78, 5) is 31.8. The SMILES string of the molecule is CCN(CC)C(=O)CSc1nc2ccsc2c(=O)n1CCc1ccccc1. The van der Waals surface area contributed by atoms with E-state index in [9.17, 15) is 9.59 Å². The number of aryl methyl sites for hydroxylation is 1. The van der Waals surface area contributed by atoms with Gasteiger partial charge in [0.25, 0.3) is 5.56 Å². The number of hydrogen-bond acceptors (Lipinski definition) is 5. The molecule has 0 fully saturated rings. The Morgan fingerprint density at radius 3 is 2.63 bits per heavy atom. The molecule has 0 bridgehead atoms. The van der Waals surface area contributed by atoms with Crippen LogP contribution in [-0.4, -0.2) is 39.2 Å². The molecule has 5 nitrogen and oxygen atoms in total. The van der Waals surface area contributed by atoms with Gasteiger partial charge < -0.3 is 4.90 Å². The molecule has 0 aliphatic rings. The maximum Gasteiger partial charge on any atom is 0.272 e. The predicted octanol–water partition coefficient (Wildman–Crippen LogP) is 3.66. The first-order valence-corrected chi connectivity index (χ1v) is 10.9. The van der Waals surface area contributed by atoms with Crippen LogP contribution in [0, 0.1) is 0 Å². The second-order valence-electron chi connectivity index (χ2n) is 6.08. The van der Waals surface area contributed by atoms with Crippen LogP contribution in [-0.2, 0) is 17.8 Å². The Morgan fingerprint density at radius 1 is 1.19 bits per heavy atom. The Balaban J connectivity index is 1.86. The molecule has 7 heteroatoms. The fourth-order valence-electron chi connectivity index (χ4n) is 2.91. The van der Waals surface area contributed by atoms with Crippen molar-refractivity contribution in [1.29, 1.82) is 0 Å². The van der Waals surface area contributed by atoms with Gasteiger partial charge in [-0.3, -0.25) is 14.2 Å². The Bertz CT molecular complexity index is 962. The predicted molar refractivity (Wildman–Crippen MR) is 113 cm³/mol. The molecule has 3 aromatic rings. The minimum atomic E-state index is -0.0243. The molecule has 0 atom stereocenters. The summed E-state index contributed by atoms with van der Waals surface area (Å²) in [6, 6.07) is 11.9. The summed E-state index contributed by atoms with van der Waals surface area (Å²) in [5.41, 5.74) is 1.85. The van der Waals surface area contributed by atoms with Gasteiger partial charge in [-0.05, 0) is 37.3 Å². The Labute approximate surface area is 167 Å². The summed E-state index contributed by atoms with van der Waals surface area (Å²) < 4.78 is 2.38. The Morgan fingerprint density at radius 2 is 1.93 bits per heavy atom. The number of carbonyl (C=O) groups is 1. The lowest BCUT2D eigenvalue weighted by Crippen LogP contribution is -2.32. The Kier molecular flexibility index (Phi) is 6.68. The van der Waals surface area contributed by atoms with Gasteiger partial charge in [0, 0.05) is 19.6 Å². The molecule has 1 aromatic carbocycles. The van der Waals surface area contributed by atoms with Gasteiger partial charge >= 0.3 is 0 Å². The molecule has 27 heavy (non-hydrogen) atoms. The van der Waals surface area contributed by atoms with E-state index < -0.39 is 0 Å². The van der Waals surface area contributed by atoms with Crippen molar-refractivity contribution in [2.45, 2.75) is 32.0 Å². The van der Waals surface area contributed by atoms with Crippen molar-refractivity contribution in [2.24, 2.45) is 0 Å². The molecule has 142 valence electrons. The highest BCUT2D eigenvalue weighted by molar-refractivity contribution is 7.99. The van der Waals surface area contributed by atoms with Crippen LogP contribution in [0.3, 0.4) is 0 Å². The third kappa shape index (κ3) is 4.59. The minimum absolute atomic E-state index is 0.0243. The fourth-order valence-corrected chi connectivity index (χ4v) is 4.62. The molecule has 0 radical (unpaired) electrons. The normalized spacial score (nSPS) is 11.0. The van der Waals surface area contributed by atoms with Crippen molar-refractivity contribution < 1.29 is 4.79 Å². The molecule has 0 spiro atoms. The number of amides is 1. The molecule has 0 aliphatic carbocycles. The van der Waals surface area contributed by atoms with Crippen molar-refractivity contribution in [1.82, 2.24) is 14.5 Å². The molecule has 0 saturated heterocycles. The first-order chi connectivity index (χ1) is 13.1. The molecule has 0 aliphatic heterocycles. The number of thiophene rings is 1. The van der Waals surface area contributed by atoms with Crippen molar-refractivity contribution >= 4 is 39.2 Å². The van der Waals surface area contributed by atoms with Crippen molar-refractivity contribution in [2.75, 3.05) is 18.8 Å². The highest BCUT2D eigenvalue weighted by atomic mass is 32.2. The zero-order chi connectivity index (χ0) is 19.2. The van der Waals surface area contributed by atoms with Gasteiger partial charge in [-0.2, -0.15) is 0 Å². The van der Waals surface area contributed by atoms with Crippen LogP contribution in [0.25, 0.3) is 10.2 Å². The number of thioether (sulfide) groups is 1. The van der Waals surface area contributed by atoms with Gasteiger partial charge in [-0.1, -0.05) is 42.1 Å². The van der Waals surface area contributed by atoms with E-state index in [0.717, 1.165) is 6.42 Å². The second kappa shape index (κ2) is 9.19. The van der Waals surface area contributed by atoms with Crippen LogP contribution in [0.4, 0.5) is 0 Å². The summed E-state index contributed by atoms with van der Waals surface area (Å²) in [6.07, 6.45) is 0.747. The first-order valence-electron chi connectivity index (χ1n) is 9.06. The number of hydrogen-bond donors (Lipinski definition) is 0. The summed E-state index contributed by atoms with van der Waals surface area (Å²) in [5, 5.41) is 2.50. The molecule has 1 amide bonds. The average molecular weight is 402 g/mol. The zero-order valence-electron chi connectivity index (χ0n) is 15.6. The van der Waals surface area contributed by atoms with Crippen molar-refractivity contribution in [3.05, 3.63) is 57.7 Å². The van der Waals surface area contributed by atoms with Crippen LogP contribution < -0.4 is 5.56 Å². The van der Waals surface area contributed by atoms with E-state index in [4.69, 9.17) is 0 Å². The third-order valence-electron chi connectivity index (χ3n) is 4.44. The van der Waals surface area contributed by atoms with E-state index in [0.29, 0.717) is 35.0 Å². The summed E-state index contributed by atoms with van der Waals surface area (Å²) in [7, 11) is 0. The smallest absolute Gasteiger partial charge is 0.272 e. The van der Waals surface area contributed by atoms with E-state index in [-0.39, 0.29) is 17.2 Å². The van der Waals surface area contributed by atoms with Gasteiger partial charge in [0.05, 0.1) is 11.3 Å². The molecule has 0 saturated carbocycles. The quantitative estimate of drug-likeness (QED) is 0.427. The maximum atomic E-state index is 12.9. The highest BCUT2D eigenvalue weighted by Crippen LogP contribution is 2.21. The van der Waals surface area contributed by atoms with Gasteiger partial charge in [0.1, 0.15) is 4.70 Å². The van der Waals surface area contributed by atoms with Gasteiger partial charge in [0.2, 0.25) is 5.91 Å². The lowest BCUT2D eigenvalue weighted by atomic mass is 10.1. The monoisotopic (exact) mass is 401 g/mol. The number of benzene rings is 1. The molecule has 0 N–H and O–H groups in total. The van der Waals surface area contributed by atoms with Gasteiger partial charge in [0.15, 0.2) is 5.16 Å². The number of nitrogens with zero attached hydrogens (tertiary/aromatic N) is 3. The zero-order valence-corrected chi connectivity index (χ0v) is 17.2. The van der Waals surface area contributed by atoms with E-state index >= 15 is 0 Å². The van der Waals surface area contributed by atoms with Gasteiger partial charge in [-0.15, -0.1) is 11.3 Å². The van der Waals surface area contributed by atoms with E-state index in [1.807, 2.05) is 43.5 Å². The first kappa shape index (κ1) is 19.6. The largest absolute Gasteiger partial charge is 0.343 e. The van der Waals surface area contributed by atoms with Crippen LogP contribution in [0.5, 0.6) is 0 Å². The topological polar surface area (TPSA) is 55.2 Å². The lowest BCUT2D eigenvalue weighted by molar-refractivity contribution is -0.127. The fraction of sp³-hybridized carbons (Fsp3) is 0.350. The number of aromatic nitrogens is 2. The number of carbonyl (C=O) groups excluding carboxylic acids is 1. The molecular weight excluding hydrogens is 378 g/mol. The van der Waals surface area contributed by atoms with Crippen molar-refractivity contribution in [3.63, 3.8) is 0 Å². The third-order valence-corrected chi connectivity index (χ3v) is 6.29. The summed E-state index contributed by atoms with van der Waals surface area (Å²) in [5.74, 6) is 0.356. The molecule has 0 unspecified atom stereocenters. The van der Waals surface area contributed by atoms with Crippen LogP contribution in [0.2, 0.25) is 0 Å². The minimum Gasteiger partial charge on any atom is -0.343 e. The molecule has 2 heterocycles.